The lowest BCUT2D eigenvalue weighted by Crippen LogP contribution is -2.50. The van der Waals surface area contributed by atoms with Gasteiger partial charge in [-0.25, -0.2) is 0 Å². The van der Waals surface area contributed by atoms with E-state index in [0.717, 1.165) is 32.4 Å². The number of hydrogen-bond donors (Lipinski definition) is 2. The Kier molecular flexibility index (Phi) is 3.69. The Hall–Kier alpha value is -0.610. The van der Waals surface area contributed by atoms with Crippen LogP contribution in [-0.2, 0) is 4.79 Å². The minimum Gasteiger partial charge on any atom is -0.368 e. The van der Waals surface area contributed by atoms with Gasteiger partial charge in [0, 0.05) is 19.1 Å². The third-order valence-corrected chi connectivity index (χ3v) is 2.73. The predicted molar refractivity (Wildman–Crippen MR) is 52.1 cm³/mol. The number of piperidine rings is 1. The van der Waals surface area contributed by atoms with Gasteiger partial charge >= 0.3 is 0 Å². The summed E-state index contributed by atoms with van der Waals surface area (Å²) in [5.74, 6) is -0.210. The topological polar surface area (TPSA) is 72.4 Å². The van der Waals surface area contributed by atoms with Crippen molar-refractivity contribution < 1.29 is 4.79 Å². The Balaban J connectivity index is 2.46. The Morgan fingerprint density at radius 3 is 2.46 bits per heavy atom. The SMILES string of the molecule is CCC(C(N)=O)N1CCC(N)CC1. The molecule has 1 amide bonds. The number of primary amides is 1. The molecule has 1 aliphatic rings. The van der Waals surface area contributed by atoms with E-state index < -0.39 is 0 Å². The van der Waals surface area contributed by atoms with Crippen LogP contribution in [0.1, 0.15) is 26.2 Å². The quantitative estimate of drug-likeness (QED) is 0.632. The van der Waals surface area contributed by atoms with Crippen molar-refractivity contribution in [2.75, 3.05) is 13.1 Å². The van der Waals surface area contributed by atoms with Crippen molar-refractivity contribution in [3.05, 3.63) is 0 Å². The molecule has 13 heavy (non-hydrogen) atoms. The van der Waals surface area contributed by atoms with Gasteiger partial charge in [-0.2, -0.15) is 0 Å². The zero-order valence-electron chi connectivity index (χ0n) is 8.20. The molecule has 4 N–H and O–H groups in total. The molecule has 1 saturated heterocycles. The smallest absolute Gasteiger partial charge is 0.234 e. The average molecular weight is 185 g/mol. The first kappa shape index (κ1) is 10.5. The molecule has 1 fully saturated rings. The van der Waals surface area contributed by atoms with E-state index in [1.165, 1.54) is 0 Å². The van der Waals surface area contributed by atoms with Gasteiger partial charge in [0.1, 0.15) is 0 Å². The Labute approximate surface area is 79.3 Å². The lowest BCUT2D eigenvalue weighted by Gasteiger charge is -2.34. The van der Waals surface area contributed by atoms with E-state index in [4.69, 9.17) is 11.5 Å². The van der Waals surface area contributed by atoms with Crippen molar-refractivity contribution in [3.8, 4) is 0 Å². The summed E-state index contributed by atoms with van der Waals surface area (Å²) in [5, 5.41) is 0. The van der Waals surface area contributed by atoms with Crippen molar-refractivity contribution in [1.29, 1.82) is 0 Å². The number of hydrogen-bond acceptors (Lipinski definition) is 3. The van der Waals surface area contributed by atoms with E-state index in [2.05, 4.69) is 4.90 Å². The lowest BCUT2D eigenvalue weighted by molar-refractivity contribution is -0.123. The molecular formula is C9H19N3O. The van der Waals surface area contributed by atoms with Crippen molar-refractivity contribution in [2.45, 2.75) is 38.3 Å². The fourth-order valence-corrected chi connectivity index (χ4v) is 1.87. The molecule has 0 saturated carbocycles. The van der Waals surface area contributed by atoms with Crippen molar-refractivity contribution in [3.63, 3.8) is 0 Å². The second-order valence-corrected chi connectivity index (χ2v) is 3.70. The summed E-state index contributed by atoms with van der Waals surface area (Å²) >= 11 is 0. The van der Waals surface area contributed by atoms with Gasteiger partial charge in [-0.05, 0) is 19.3 Å². The molecule has 0 radical (unpaired) electrons. The van der Waals surface area contributed by atoms with Crippen LogP contribution < -0.4 is 11.5 Å². The molecule has 1 atom stereocenters. The first-order valence-electron chi connectivity index (χ1n) is 4.94. The Bertz CT molecular complexity index is 176. The van der Waals surface area contributed by atoms with Crippen molar-refractivity contribution in [2.24, 2.45) is 11.5 Å². The summed E-state index contributed by atoms with van der Waals surface area (Å²) in [6.45, 7) is 3.80. The minimum absolute atomic E-state index is 0.0903. The summed E-state index contributed by atoms with van der Waals surface area (Å²) in [5.41, 5.74) is 11.1. The summed E-state index contributed by atoms with van der Waals surface area (Å²) in [4.78, 5) is 13.2. The predicted octanol–water partition coefficient (Wildman–Crippen LogP) is -0.327. The standard InChI is InChI=1S/C9H19N3O/c1-2-8(9(11)13)12-5-3-7(10)4-6-12/h7-8H,2-6,10H2,1H3,(H2,11,13). The maximum absolute atomic E-state index is 11.1. The van der Waals surface area contributed by atoms with Crippen LogP contribution in [0.15, 0.2) is 0 Å². The first-order chi connectivity index (χ1) is 6.15. The highest BCUT2D eigenvalue weighted by Crippen LogP contribution is 2.13. The molecule has 4 heteroatoms. The largest absolute Gasteiger partial charge is 0.368 e. The van der Waals surface area contributed by atoms with Gasteiger partial charge in [-0.1, -0.05) is 6.92 Å². The Morgan fingerprint density at radius 1 is 1.54 bits per heavy atom. The molecule has 1 heterocycles. The third-order valence-electron chi connectivity index (χ3n) is 2.73. The highest BCUT2D eigenvalue weighted by atomic mass is 16.1. The molecule has 0 spiro atoms. The van der Waals surface area contributed by atoms with Crippen LogP contribution in [0.25, 0.3) is 0 Å². The van der Waals surface area contributed by atoms with Crippen LogP contribution in [0.3, 0.4) is 0 Å². The van der Waals surface area contributed by atoms with Crippen LogP contribution in [0, 0.1) is 0 Å². The summed E-state index contributed by atoms with van der Waals surface area (Å²) in [6, 6.07) is 0.217. The van der Waals surface area contributed by atoms with E-state index in [-0.39, 0.29) is 11.9 Å². The highest BCUT2D eigenvalue weighted by Gasteiger charge is 2.25. The number of amides is 1. The lowest BCUT2D eigenvalue weighted by atomic mass is 10.0. The average Bonchev–Trinajstić information content (AvgIpc) is 2.09. The van der Waals surface area contributed by atoms with E-state index >= 15 is 0 Å². The maximum atomic E-state index is 11.1. The number of likely N-dealkylation sites (tertiary alicyclic amines) is 1. The summed E-state index contributed by atoms with van der Waals surface area (Å²) in [7, 11) is 0. The van der Waals surface area contributed by atoms with Crippen LogP contribution in [-0.4, -0.2) is 36.0 Å². The number of carbonyl (C=O) groups is 1. The molecule has 1 unspecified atom stereocenters. The van der Waals surface area contributed by atoms with Gasteiger partial charge < -0.3 is 11.5 Å². The fraction of sp³-hybridized carbons (Fsp3) is 0.889. The van der Waals surface area contributed by atoms with Crippen LogP contribution in [0.5, 0.6) is 0 Å². The second kappa shape index (κ2) is 4.58. The maximum Gasteiger partial charge on any atom is 0.234 e. The fourth-order valence-electron chi connectivity index (χ4n) is 1.87. The summed E-state index contributed by atoms with van der Waals surface area (Å²) in [6.07, 6.45) is 2.75. The molecule has 0 aromatic rings. The Morgan fingerprint density at radius 2 is 2.08 bits per heavy atom. The zero-order valence-corrected chi connectivity index (χ0v) is 8.20. The van der Waals surface area contributed by atoms with Gasteiger partial charge in [-0.3, -0.25) is 9.69 Å². The van der Waals surface area contributed by atoms with Crippen molar-refractivity contribution in [1.82, 2.24) is 4.90 Å². The minimum atomic E-state index is -0.210. The van der Waals surface area contributed by atoms with E-state index in [0.29, 0.717) is 6.04 Å². The molecule has 4 nitrogen and oxygen atoms in total. The van der Waals surface area contributed by atoms with E-state index in [1.807, 2.05) is 6.92 Å². The normalized spacial score (nSPS) is 22.9. The van der Waals surface area contributed by atoms with Gasteiger partial charge in [0.05, 0.1) is 6.04 Å². The molecule has 0 aromatic carbocycles. The van der Waals surface area contributed by atoms with Gasteiger partial charge in [0.2, 0.25) is 5.91 Å². The highest BCUT2D eigenvalue weighted by molar-refractivity contribution is 5.79. The summed E-state index contributed by atoms with van der Waals surface area (Å²) < 4.78 is 0. The van der Waals surface area contributed by atoms with Crippen LogP contribution >= 0.6 is 0 Å². The van der Waals surface area contributed by atoms with Gasteiger partial charge in [0.25, 0.3) is 0 Å². The molecule has 1 aliphatic heterocycles. The van der Waals surface area contributed by atoms with Crippen LogP contribution in [0.2, 0.25) is 0 Å². The van der Waals surface area contributed by atoms with Crippen molar-refractivity contribution >= 4 is 5.91 Å². The van der Waals surface area contributed by atoms with Gasteiger partial charge in [-0.15, -0.1) is 0 Å². The van der Waals surface area contributed by atoms with Crippen LogP contribution in [0.4, 0.5) is 0 Å². The monoisotopic (exact) mass is 185 g/mol. The second-order valence-electron chi connectivity index (χ2n) is 3.70. The third kappa shape index (κ3) is 2.67. The molecule has 0 aromatic heterocycles. The number of carbonyl (C=O) groups excluding carboxylic acids is 1. The molecule has 0 aliphatic carbocycles. The van der Waals surface area contributed by atoms with E-state index in [9.17, 15) is 4.79 Å². The molecule has 1 rings (SSSR count). The molecular weight excluding hydrogens is 166 g/mol. The molecule has 0 bridgehead atoms. The first-order valence-corrected chi connectivity index (χ1v) is 4.94. The molecule has 76 valence electrons. The number of rotatable bonds is 3. The van der Waals surface area contributed by atoms with E-state index in [1.54, 1.807) is 0 Å². The number of nitrogens with zero attached hydrogens (tertiary/aromatic N) is 1. The van der Waals surface area contributed by atoms with Gasteiger partial charge in [0.15, 0.2) is 0 Å². The number of nitrogens with two attached hydrogens (primary N) is 2. The zero-order chi connectivity index (χ0) is 9.84.